The van der Waals surface area contributed by atoms with Crippen LogP contribution in [0.5, 0.6) is 0 Å². The van der Waals surface area contributed by atoms with Crippen molar-refractivity contribution in [3.05, 3.63) is 54.1 Å². The molecule has 0 aliphatic carbocycles. The molecule has 1 atom stereocenters. The summed E-state index contributed by atoms with van der Waals surface area (Å²) in [5.41, 5.74) is 1.49. The van der Waals surface area contributed by atoms with Crippen molar-refractivity contribution in [2.75, 3.05) is 12.4 Å². The Morgan fingerprint density at radius 2 is 1.55 bits per heavy atom. The Bertz CT molecular complexity index is 961. The number of rotatable bonds is 6. The molecule has 1 aliphatic heterocycles. The van der Waals surface area contributed by atoms with Gasteiger partial charge in [0.05, 0.1) is 16.1 Å². The van der Waals surface area contributed by atoms with Crippen LogP contribution in [0.25, 0.3) is 0 Å². The van der Waals surface area contributed by atoms with Gasteiger partial charge >= 0.3 is 7.12 Å². The Hall–Kier alpha value is -1.87. The Labute approximate surface area is 174 Å². The molecule has 1 heterocycles. The SMILES string of the molecule is CNS(=O)(=O)c1ccc(NC(C)c2ccccc2)c(B2OC(C)(C)C(C)(C)O2)c1. The number of sulfonamides is 1. The van der Waals surface area contributed by atoms with Crippen LogP contribution < -0.4 is 15.5 Å². The summed E-state index contributed by atoms with van der Waals surface area (Å²) in [6.45, 7) is 9.95. The number of nitrogens with one attached hydrogen (secondary N) is 2. The monoisotopic (exact) mass is 416 g/mol. The molecule has 0 bridgehead atoms. The zero-order chi connectivity index (χ0) is 21.4. The van der Waals surface area contributed by atoms with Crippen molar-refractivity contribution >= 4 is 28.3 Å². The first-order chi connectivity index (χ1) is 13.5. The van der Waals surface area contributed by atoms with Gasteiger partial charge in [0.1, 0.15) is 0 Å². The Kier molecular flexibility index (Phi) is 5.84. The third kappa shape index (κ3) is 4.35. The molecule has 2 aromatic rings. The minimum absolute atomic E-state index is 0.0177. The Morgan fingerprint density at radius 3 is 2.10 bits per heavy atom. The van der Waals surface area contributed by atoms with Crippen molar-refractivity contribution < 1.29 is 17.7 Å². The van der Waals surface area contributed by atoms with E-state index in [4.69, 9.17) is 9.31 Å². The molecule has 6 nitrogen and oxygen atoms in total. The number of benzene rings is 2. The summed E-state index contributed by atoms with van der Waals surface area (Å²) >= 11 is 0. The molecule has 1 unspecified atom stereocenters. The largest absolute Gasteiger partial charge is 0.497 e. The molecule has 2 N–H and O–H groups in total. The van der Waals surface area contributed by atoms with Gasteiger partial charge in [-0.05, 0) is 65.4 Å². The summed E-state index contributed by atoms with van der Waals surface area (Å²) in [4.78, 5) is 0.169. The quantitative estimate of drug-likeness (QED) is 0.708. The summed E-state index contributed by atoms with van der Waals surface area (Å²) in [7, 11) is -2.88. The molecule has 29 heavy (non-hydrogen) atoms. The van der Waals surface area contributed by atoms with Crippen molar-refractivity contribution in [3.63, 3.8) is 0 Å². The van der Waals surface area contributed by atoms with Gasteiger partial charge in [-0.2, -0.15) is 0 Å². The van der Waals surface area contributed by atoms with Crippen molar-refractivity contribution in [2.45, 2.75) is 56.8 Å². The van der Waals surface area contributed by atoms with Gasteiger partial charge in [0, 0.05) is 17.2 Å². The highest BCUT2D eigenvalue weighted by molar-refractivity contribution is 7.89. The fraction of sp³-hybridized carbons (Fsp3) is 0.429. The zero-order valence-corrected chi connectivity index (χ0v) is 18.6. The lowest BCUT2D eigenvalue weighted by atomic mass is 9.77. The van der Waals surface area contributed by atoms with Crippen LogP contribution in [-0.4, -0.2) is 33.8 Å². The van der Waals surface area contributed by atoms with E-state index in [-0.39, 0.29) is 10.9 Å². The minimum Gasteiger partial charge on any atom is -0.399 e. The lowest BCUT2D eigenvalue weighted by Crippen LogP contribution is -2.41. The van der Waals surface area contributed by atoms with E-state index < -0.39 is 28.3 Å². The van der Waals surface area contributed by atoms with E-state index in [0.717, 1.165) is 11.3 Å². The van der Waals surface area contributed by atoms with Crippen molar-refractivity contribution in [1.29, 1.82) is 0 Å². The maximum Gasteiger partial charge on any atom is 0.497 e. The van der Waals surface area contributed by atoms with Gasteiger partial charge in [0.2, 0.25) is 10.0 Å². The summed E-state index contributed by atoms with van der Waals surface area (Å²) < 4.78 is 39.5. The van der Waals surface area contributed by atoms with Crippen LogP contribution in [0.15, 0.2) is 53.4 Å². The van der Waals surface area contributed by atoms with Gasteiger partial charge in [-0.1, -0.05) is 30.3 Å². The van der Waals surface area contributed by atoms with Crippen LogP contribution in [0.3, 0.4) is 0 Å². The molecule has 0 aromatic heterocycles. The molecule has 156 valence electrons. The first-order valence-corrected chi connectivity index (χ1v) is 11.2. The first kappa shape index (κ1) is 21.8. The molecule has 3 rings (SSSR count). The maximum atomic E-state index is 12.4. The van der Waals surface area contributed by atoms with Gasteiger partial charge in [0.25, 0.3) is 0 Å². The molecule has 1 saturated heterocycles. The van der Waals surface area contributed by atoms with Crippen molar-refractivity contribution in [2.24, 2.45) is 0 Å². The highest BCUT2D eigenvalue weighted by Gasteiger charge is 2.52. The highest BCUT2D eigenvalue weighted by Crippen LogP contribution is 2.37. The zero-order valence-electron chi connectivity index (χ0n) is 17.8. The fourth-order valence-corrected chi connectivity index (χ4v) is 3.95. The average molecular weight is 416 g/mol. The third-order valence-electron chi connectivity index (χ3n) is 5.78. The molecule has 0 radical (unpaired) electrons. The van der Waals surface area contributed by atoms with E-state index >= 15 is 0 Å². The van der Waals surface area contributed by atoms with Gasteiger partial charge in [-0.25, -0.2) is 13.1 Å². The molecule has 2 aromatic carbocycles. The van der Waals surface area contributed by atoms with Crippen LogP contribution in [0.1, 0.15) is 46.2 Å². The molecule has 0 saturated carbocycles. The first-order valence-electron chi connectivity index (χ1n) is 9.71. The second kappa shape index (κ2) is 7.76. The molecular weight excluding hydrogens is 387 g/mol. The van der Waals surface area contributed by atoms with Gasteiger partial charge in [-0.15, -0.1) is 0 Å². The van der Waals surface area contributed by atoms with Crippen LogP contribution in [0.4, 0.5) is 5.69 Å². The molecule has 8 heteroatoms. The topological polar surface area (TPSA) is 76.7 Å². The van der Waals surface area contributed by atoms with E-state index in [0.29, 0.717) is 5.46 Å². The summed E-state index contributed by atoms with van der Waals surface area (Å²) in [5.74, 6) is 0. The van der Waals surface area contributed by atoms with Crippen LogP contribution in [-0.2, 0) is 19.3 Å². The van der Waals surface area contributed by atoms with E-state index in [1.54, 1.807) is 18.2 Å². The van der Waals surface area contributed by atoms with E-state index in [9.17, 15) is 8.42 Å². The summed E-state index contributed by atoms with van der Waals surface area (Å²) in [5, 5.41) is 3.48. The molecule has 0 spiro atoms. The predicted molar refractivity (Wildman–Crippen MR) is 117 cm³/mol. The molecule has 1 fully saturated rings. The van der Waals surface area contributed by atoms with Crippen molar-refractivity contribution in [3.8, 4) is 0 Å². The normalized spacial score (nSPS) is 19.2. The summed E-state index contributed by atoms with van der Waals surface area (Å²) in [6, 6.07) is 15.0. The predicted octanol–water partition coefficient (Wildman–Crippen LogP) is 3.07. The smallest absolute Gasteiger partial charge is 0.399 e. The highest BCUT2D eigenvalue weighted by atomic mass is 32.2. The van der Waals surface area contributed by atoms with Crippen LogP contribution >= 0.6 is 0 Å². The molecular formula is C21H29BN2O4S. The van der Waals surface area contributed by atoms with E-state index in [2.05, 4.69) is 17.0 Å². The minimum atomic E-state index is -3.59. The second-order valence-electron chi connectivity index (χ2n) is 8.32. The fourth-order valence-electron chi connectivity index (χ4n) is 3.18. The second-order valence-corrected chi connectivity index (χ2v) is 10.2. The number of hydrogen-bond acceptors (Lipinski definition) is 5. The number of hydrogen-bond donors (Lipinski definition) is 2. The van der Waals surface area contributed by atoms with E-state index in [1.165, 1.54) is 7.05 Å². The van der Waals surface area contributed by atoms with E-state index in [1.807, 2.05) is 58.0 Å². The summed E-state index contributed by atoms with van der Waals surface area (Å²) in [6.07, 6.45) is 0. The van der Waals surface area contributed by atoms with Gasteiger partial charge in [0.15, 0.2) is 0 Å². The van der Waals surface area contributed by atoms with Crippen LogP contribution in [0.2, 0.25) is 0 Å². The molecule has 0 amide bonds. The van der Waals surface area contributed by atoms with Gasteiger partial charge in [-0.3, -0.25) is 0 Å². The van der Waals surface area contributed by atoms with Crippen LogP contribution in [0, 0.1) is 0 Å². The third-order valence-corrected chi connectivity index (χ3v) is 7.19. The Balaban J connectivity index is 2.02. The van der Waals surface area contributed by atoms with Crippen molar-refractivity contribution in [1.82, 2.24) is 4.72 Å². The lowest BCUT2D eigenvalue weighted by molar-refractivity contribution is 0.00578. The Morgan fingerprint density at radius 1 is 0.966 bits per heavy atom. The average Bonchev–Trinajstić information content (AvgIpc) is 2.89. The van der Waals surface area contributed by atoms with Gasteiger partial charge < -0.3 is 14.6 Å². The maximum absolute atomic E-state index is 12.4. The standard InChI is InChI=1S/C21H29BN2O4S/c1-15(16-10-8-7-9-11-16)24-19-13-12-17(29(25,26)23-6)14-18(19)22-27-20(2,3)21(4,5)28-22/h7-15,23-24H,1-6H3. The lowest BCUT2D eigenvalue weighted by Gasteiger charge is -2.32. The number of anilines is 1. The molecule has 1 aliphatic rings.